The minimum Gasteiger partial charge on any atom is -0.336 e. The van der Waals surface area contributed by atoms with E-state index >= 15 is 0 Å². The number of nitrogens with zero attached hydrogens (tertiary/aromatic N) is 1. The molecular weight excluding hydrogens is 442 g/mol. The molecule has 0 bridgehead atoms. The van der Waals surface area contributed by atoms with E-state index in [4.69, 9.17) is 16.1 Å². The van der Waals surface area contributed by atoms with E-state index in [-0.39, 0.29) is 11.7 Å². The molecule has 0 radical (unpaired) electrons. The summed E-state index contributed by atoms with van der Waals surface area (Å²) in [7, 11) is 0. The Morgan fingerprint density at radius 3 is 2.37 bits per heavy atom. The van der Waals surface area contributed by atoms with Crippen molar-refractivity contribution in [1.82, 2.24) is 5.16 Å². The van der Waals surface area contributed by atoms with E-state index in [2.05, 4.69) is 15.2 Å². The van der Waals surface area contributed by atoms with Crippen LogP contribution in [0.3, 0.4) is 0 Å². The zero-order valence-electron chi connectivity index (χ0n) is 17.7. The summed E-state index contributed by atoms with van der Waals surface area (Å²) in [6.45, 7) is 9.10. The third-order valence-corrected chi connectivity index (χ3v) is 5.88. The molecule has 3 aromatic rings. The van der Waals surface area contributed by atoms with Crippen molar-refractivity contribution in [2.75, 3.05) is 16.3 Å². The summed E-state index contributed by atoms with van der Waals surface area (Å²) >= 11 is 8.61. The third kappa shape index (κ3) is 6.10. The Kier molecular flexibility index (Phi) is 8.52. The van der Waals surface area contributed by atoms with Crippen molar-refractivity contribution >= 4 is 58.1 Å². The Balaban J connectivity index is 0.000000269. The molecule has 2 N–H and O–H groups in total. The van der Waals surface area contributed by atoms with Crippen LogP contribution in [0.15, 0.2) is 28.8 Å². The van der Waals surface area contributed by atoms with Gasteiger partial charge < -0.3 is 9.84 Å². The first-order chi connectivity index (χ1) is 14.1. The smallest absolute Gasteiger partial charge is 0.265 e. The van der Waals surface area contributed by atoms with Crippen molar-refractivity contribution in [2.45, 2.75) is 34.6 Å². The molecular formula is C21H24ClN3O3S2. The van der Waals surface area contributed by atoms with Crippen molar-refractivity contribution in [1.29, 1.82) is 0 Å². The standard InChI is InChI=1S/C16H17NO2S.C5H7ClN2OS/c1-9-7-10(2)15(13(8-9)12(4)18)17-16(19)14-6-5-11(3)20-14;1-3-4(6)5(8-10-2)9-7-3/h5-8H,1-4H3,(H,17,19);8H,1-2H3. The van der Waals surface area contributed by atoms with Crippen LogP contribution >= 0.6 is 34.9 Å². The fourth-order valence-corrected chi connectivity index (χ4v) is 3.92. The van der Waals surface area contributed by atoms with E-state index in [1.54, 1.807) is 13.0 Å². The first kappa shape index (κ1) is 24.0. The Labute approximate surface area is 189 Å². The summed E-state index contributed by atoms with van der Waals surface area (Å²) in [5.74, 6) is 0.304. The molecule has 30 heavy (non-hydrogen) atoms. The maximum atomic E-state index is 12.2. The normalized spacial score (nSPS) is 10.2. The average molecular weight is 466 g/mol. The first-order valence-electron chi connectivity index (χ1n) is 9.04. The van der Waals surface area contributed by atoms with Crippen molar-refractivity contribution in [3.05, 3.63) is 61.4 Å². The van der Waals surface area contributed by atoms with Gasteiger partial charge in [-0.1, -0.05) is 34.8 Å². The minimum atomic E-state index is -0.169. The lowest BCUT2D eigenvalue weighted by molar-refractivity contribution is 0.101. The molecule has 2 aromatic heterocycles. The van der Waals surface area contributed by atoms with Gasteiger partial charge in [0.25, 0.3) is 11.8 Å². The van der Waals surface area contributed by atoms with Gasteiger partial charge in [0, 0.05) is 16.7 Å². The van der Waals surface area contributed by atoms with Crippen LogP contribution in [0.5, 0.6) is 0 Å². The number of rotatable bonds is 5. The summed E-state index contributed by atoms with van der Waals surface area (Å²) in [5.41, 5.74) is 3.79. The molecule has 0 saturated heterocycles. The number of thiophene rings is 1. The first-order valence-corrected chi connectivity index (χ1v) is 11.5. The zero-order chi connectivity index (χ0) is 22.4. The predicted molar refractivity (Wildman–Crippen MR) is 126 cm³/mol. The van der Waals surface area contributed by atoms with Crippen molar-refractivity contribution < 1.29 is 14.1 Å². The Morgan fingerprint density at radius 2 is 1.87 bits per heavy atom. The number of anilines is 2. The van der Waals surface area contributed by atoms with Gasteiger partial charge in [0.1, 0.15) is 10.7 Å². The fraction of sp³-hybridized carbons (Fsp3) is 0.286. The monoisotopic (exact) mass is 465 g/mol. The van der Waals surface area contributed by atoms with Crippen LogP contribution in [0.25, 0.3) is 0 Å². The number of ketones is 1. The number of carbonyl (C=O) groups excluding carboxylic acids is 2. The van der Waals surface area contributed by atoms with E-state index in [0.29, 0.717) is 32.7 Å². The molecule has 0 spiro atoms. The highest BCUT2D eigenvalue weighted by Gasteiger charge is 2.15. The maximum absolute atomic E-state index is 12.2. The largest absolute Gasteiger partial charge is 0.336 e. The molecule has 0 unspecified atom stereocenters. The van der Waals surface area contributed by atoms with Gasteiger partial charge in [0.15, 0.2) is 5.78 Å². The molecule has 0 aliphatic rings. The van der Waals surface area contributed by atoms with Gasteiger partial charge in [0.2, 0.25) is 0 Å². The second-order valence-corrected chi connectivity index (χ2v) is 8.92. The maximum Gasteiger partial charge on any atom is 0.265 e. The summed E-state index contributed by atoms with van der Waals surface area (Å²) in [6.07, 6.45) is 1.88. The number of Topliss-reactive ketones (excluding diaryl/α,β-unsaturated/α-hetero) is 1. The number of nitrogens with one attached hydrogen (secondary N) is 2. The number of benzene rings is 1. The van der Waals surface area contributed by atoms with Gasteiger partial charge >= 0.3 is 0 Å². The van der Waals surface area contributed by atoms with E-state index in [9.17, 15) is 9.59 Å². The lowest BCUT2D eigenvalue weighted by Crippen LogP contribution is -2.14. The van der Waals surface area contributed by atoms with Gasteiger partial charge in [-0.2, -0.15) is 0 Å². The molecule has 1 amide bonds. The summed E-state index contributed by atoms with van der Waals surface area (Å²) < 4.78 is 7.67. The van der Waals surface area contributed by atoms with Gasteiger partial charge in [-0.3, -0.25) is 14.3 Å². The van der Waals surface area contributed by atoms with Gasteiger partial charge in [-0.15, -0.1) is 11.3 Å². The second kappa shape index (κ2) is 10.7. The quantitative estimate of drug-likeness (QED) is 0.332. The fourth-order valence-electron chi connectivity index (χ4n) is 2.66. The Bertz CT molecular complexity index is 1060. The van der Waals surface area contributed by atoms with E-state index in [0.717, 1.165) is 16.0 Å². The summed E-state index contributed by atoms with van der Waals surface area (Å²) in [6, 6.07) is 7.48. The number of aromatic nitrogens is 1. The molecule has 0 saturated carbocycles. The molecule has 0 atom stereocenters. The lowest BCUT2D eigenvalue weighted by atomic mass is 10.0. The van der Waals surface area contributed by atoms with Crippen LogP contribution in [-0.2, 0) is 0 Å². The number of hydrogen-bond donors (Lipinski definition) is 2. The molecule has 6 nitrogen and oxygen atoms in total. The van der Waals surface area contributed by atoms with Crippen LogP contribution in [0.4, 0.5) is 11.6 Å². The number of hydrogen-bond acceptors (Lipinski definition) is 7. The highest BCUT2D eigenvalue weighted by atomic mass is 35.5. The number of halogens is 1. The van der Waals surface area contributed by atoms with Crippen LogP contribution in [0.1, 0.15) is 48.7 Å². The van der Waals surface area contributed by atoms with E-state index in [1.807, 2.05) is 45.2 Å². The SMILES string of the molecule is CC(=O)c1cc(C)cc(C)c1NC(=O)c1ccc(C)s1.CSNc1onc(C)c1Cl. The highest BCUT2D eigenvalue weighted by molar-refractivity contribution is 7.99. The van der Waals surface area contributed by atoms with Crippen LogP contribution in [0, 0.1) is 27.7 Å². The molecule has 0 fully saturated rings. The molecule has 9 heteroatoms. The summed E-state index contributed by atoms with van der Waals surface area (Å²) in [5, 5.41) is 7.07. The molecule has 0 aliphatic heterocycles. The highest BCUT2D eigenvalue weighted by Crippen LogP contribution is 2.26. The predicted octanol–water partition coefficient (Wildman–Crippen LogP) is 6.45. The van der Waals surface area contributed by atoms with Gasteiger partial charge in [-0.25, -0.2) is 0 Å². The van der Waals surface area contributed by atoms with Crippen molar-refractivity contribution in [3.8, 4) is 0 Å². The lowest BCUT2D eigenvalue weighted by Gasteiger charge is -2.13. The van der Waals surface area contributed by atoms with Crippen LogP contribution < -0.4 is 10.0 Å². The minimum absolute atomic E-state index is 0.0468. The molecule has 0 aliphatic carbocycles. The summed E-state index contributed by atoms with van der Waals surface area (Å²) in [4.78, 5) is 25.7. The molecule has 1 aromatic carbocycles. The Morgan fingerprint density at radius 1 is 1.17 bits per heavy atom. The number of amides is 1. The van der Waals surface area contributed by atoms with Crippen molar-refractivity contribution in [2.24, 2.45) is 0 Å². The van der Waals surface area contributed by atoms with Gasteiger partial charge in [-0.05, 0) is 63.9 Å². The molecule has 160 valence electrons. The van der Waals surface area contributed by atoms with E-state index < -0.39 is 0 Å². The molecule has 3 rings (SSSR count). The zero-order valence-corrected chi connectivity index (χ0v) is 20.1. The Hall–Kier alpha value is -2.29. The number of aryl methyl sites for hydroxylation is 4. The average Bonchev–Trinajstić information content (AvgIpc) is 3.25. The van der Waals surface area contributed by atoms with Crippen molar-refractivity contribution in [3.63, 3.8) is 0 Å². The van der Waals surface area contributed by atoms with E-state index in [1.165, 1.54) is 30.2 Å². The third-order valence-electron chi connectivity index (χ3n) is 4.05. The second-order valence-electron chi connectivity index (χ2n) is 6.64. The van der Waals surface area contributed by atoms with Crippen LogP contribution in [0.2, 0.25) is 5.02 Å². The number of carbonyl (C=O) groups is 2. The molecule has 2 heterocycles. The van der Waals surface area contributed by atoms with Crippen LogP contribution in [-0.4, -0.2) is 23.1 Å². The topological polar surface area (TPSA) is 84.2 Å². The van der Waals surface area contributed by atoms with Gasteiger partial charge in [0.05, 0.1) is 10.6 Å².